The average Bonchev–Trinajstić information content (AvgIpc) is 3.31. The Morgan fingerprint density at radius 2 is 1.13 bits per heavy atom. The van der Waals surface area contributed by atoms with Crippen molar-refractivity contribution < 1.29 is 4.42 Å². The van der Waals surface area contributed by atoms with Crippen LogP contribution >= 0.6 is 0 Å². The molecule has 0 amide bonds. The molecule has 1 aliphatic carbocycles. The van der Waals surface area contributed by atoms with Gasteiger partial charge in [-0.2, -0.15) is 0 Å². The van der Waals surface area contributed by atoms with Gasteiger partial charge in [0.05, 0.1) is 0 Å². The lowest BCUT2D eigenvalue weighted by molar-refractivity contribution is 0.301. The third kappa shape index (κ3) is 3.13. The van der Waals surface area contributed by atoms with Crippen molar-refractivity contribution in [3.63, 3.8) is 0 Å². The molecule has 0 radical (unpaired) electrons. The van der Waals surface area contributed by atoms with Crippen molar-refractivity contribution in [2.45, 2.75) is 38.5 Å². The first-order valence-corrected chi connectivity index (χ1v) is 13.4. The summed E-state index contributed by atoms with van der Waals surface area (Å²) in [4.78, 5) is 2.32. The zero-order valence-corrected chi connectivity index (χ0v) is 22.3. The largest absolute Gasteiger partial charge is 0.456 e. The van der Waals surface area contributed by atoms with E-state index in [-0.39, 0.29) is 10.8 Å². The maximum atomic E-state index is 6.50. The number of benzene rings is 5. The Kier molecular flexibility index (Phi) is 4.87. The molecule has 2 nitrogen and oxygen atoms in total. The van der Waals surface area contributed by atoms with Crippen LogP contribution in [0, 0.1) is 0 Å². The first kappa shape index (κ1) is 22.9. The van der Waals surface area contributed by atoms with Gasteiger partial charge in [-0.3, -0.25) is 0 Å². The van der Waals surface area contributed by atoms with E-state index in [0.29, 0.717) is 0 Å². The van der Waals surface area contributed by atoms with Crippen LogP contribution in [-0.4, -0.2) is 0 Å². The van der Waals surface area contributed by atoms with E-state index in [4.69, 9.17) is 4.42 Å². The molecule has 1 aromatic heterocycles. The quantitative estimate of drug-likeness (QED) is 0.244. The van der Waals surface area contributed by atoms with Gasteiger partial charge in [-0.1, -0.05) is 94.4 Å². The molecule has 2 heteroatoms. The van der Waals surface area contributed by atoms with Gasteiger partial charge in [-0.05, 0) is 76.2 Å². The monoisotopic (exact) mass is 493 g/mol. The lowest BCUT2D eigenvalue weighted by Gasteiger charge is -2.48. The molecule has 7 rings (SSSR count). The van der Waals surface area contributed by atoms with Gasteiger partial charge in [0.1, 0.15) is 11.2 Å². The zero-order chi connectivity index (χ0) is 26.1. The second kappa shape index (κ2) is 8.10. The van der Waals surface area contributed by atoms with E-state index in [2.05, 4.69) is 148 Å². The van der Waals surface area contributed by atoms with Crippen LogP contribution in [0.4, 0.5) is 17.1 Å². The molecule has 0 saturated heterocycles. The van der Waals surface area contributed by atoms with E-state index in [1.807, 2.05) is 0 Å². The fraction of sp³-hybridized carbons (Fsp3) is 0.167. The lowest BCUT2D eigenvalue weighted by atomic mass is 9.55. The Hall–Kier alpha value is -4.30. The molecular formula is C36H31NO. The van der Waals surface area contributed by atoms with Crippen molar-refractivity contribution in [2.24, 2.45) is 0 Å². The molecule has 38 heavy (non-hydrogen) atoms. The number of hydrogen-bond donors (Lipinski definition) is 0. The van der Waals surface area contributed by atoms with Crippen molar-refractivity contribution in [3.8, 4) is 11.1 Å². The lowest BCUT2D eigenvalue weighted by Crippen LogP contribution is -2.43. The Balaban J connectivity index is 1.54. The van der Waals surface area contributed by atoms with Crippen molar-refractivity contribution in [2.75, 3.05) is 4.90 Å². The number of rotatable bonds is 3. The molecule has 0 N–H and O–H groups in total. The van der Waals surface area contributed by atoms with Gasteiger partial charge < -0.3 is 9.32 Å². The van der Waals surface area contributed by atoms with Crippen molar-refractivity contribution in [1.82, 2.24) is 0 Å². The van der Waals surface area contributed by atoms with E-state index >= 15 is 0 Å². The van der Waals surface area contributed by atoms with Crippen LogP contribution in [0.15, 0.2) is 120 Å². The van der Waals surface area contributed by atoms with Gasteiger partial charge in [-0.25, -0.2) is 0 Å². The first-order chi connectivity index (χ1) is 18.4. The summed E-state index contributed by atoms with van der Waals surface area (Å²) in [7, 11) is 0. The summed E-state index contributed by atoms with van der Waals surface area (Å²) in [6.45, 7) is 9.55. The molecule has 0 spiro atoms. The first-order valence-electron chi connectivity index (χ1n) is 13.4. The average molecular weight is 494 g/mol. The van der Waals surface area contributed by atoms with Crippen LogP contribution in [0.2, 0.25) is 0 Å². The minimum absolute atomic E-state index is 0.0494. The van der Waals surface area contributed by atoms with E-state index in [1.54, 1.807) is 0 Å². The maximum Gasteiger partial charge on any atom is 0.135 e. The molecule has 1 heterocycles. The van der Waals surface area contributed by atoms with Gasteiger partial charge in [0.25, 0.3) is 0 Å². The summed E-state index contributed by atoms with van der Waals surface area (Å²) < 4.78 is 6.50. The molecule has 0 bridgehead atoms. The predicted octanol–water partition coefficient (Wildman–Crippen LogP) is 10.3. The predicted molar refractivity (Wildman–Crippen MR) is 160 cm³/mol. The minimum atomic E-state index is -0.110. The molecule has 0 aliphatic heterocycles. The maximum absolute atomic E-state index is 6.50. The van der Waals surface area contributed by atoms with E-state index in [9.17, 15) is 0 Å². The van der Waals surface area contributed by atoms with E-state index in [1.165, 1.54) is 27.6 Å². The smallest absolute Gasteiger partial charge is 0.135 e. The van der Waals surface area contributed by atoms with Crippen molar-refractivity contribution in [1.29, 1.82) is 0 Å². The van der Waals surface area contributed by atoms with Gasteiger partial charge in [0, 0.05) is 33.2 Å². The molecule has 5 aromatic carbocycles. The second-order valence-corrected chi connectivity index (χ2v) is 11.4. The third-order valence-corrected chi connectivity index (χ3v) is 8.98. The molecule has 6 aromatic rings. The summed E-state index contributed by atoms with van der Waals surface area (Å²) in [6, 6.07) is 41.1. The highest BCUT2D eigenvalue weighted by Crippen LogP contribution is 2.56. The highest BCUT2D eigenvalue weighted by Gasteiger charge is 2.47. The van der Waals surface area contributed by atoms with Crippen LogP contribution in [0.1, 0.15) is 38.8 Å². The van der Waals surface area contributed by atoms with Gasteiger partial charge in [0.2, 0.25) is 0 Å². The highest BCUT2D eigenvalue weighted by molar-refractivity contribution is 6.11. The molecule has 0 unspecified atom stereocenters. The normalized spacial score (nSPS) is 15.3. The fourth-order valence-electron chi connectivity index (χ4n) is 6.38. The molecule has 0 saturated carbocycles. The summed E-state index contributed by atoms with van der Waals surface area (Å²) in [6.07, 6.45) is 0. The topological polar surface area (TPSA) is 16.4 Å². The van der Waals surface area contributed by atoms with Crippen LogP contribution in [-0.2, 0) is 10.8 Å². The number of furan rings is 1. The van der Waals surface area contributed by atoms with Crippen LogP contribution in [0.5, 0.6) is 0 Å². The zero-order valence-electron chi connectivity index (χ0n) is 22.3. The van der Waals surface area contributed by atoms with Gasteiger partial charge >= 0.3 is 0 Å². The Morgan fingerprint density at radius 1 is 0.526 bits per heavy atom. The molecule has 1 aliphatic rings. The summed E-state index contributed by atoms with van der Waals surface area (Å²) in [5.74, 6) is 0. The van der Waals surface area contributed by atoms with Crippen LogP contribution in [0.3, 0.4) is 0 Å². The molecule has 0 fully saturated rings. The molecule has 0 atom stereocenters. The van der Waals surface area contributed by atoms with Crippen molar-refractivity contribution in [3.05, 3.63) is 126 Å². The Labute approximate surface area is 224 Å². The third-order valence-electron chi connectivity index (χ3n) is 8.98. The van der Waals surface area contributed by atoms with Crippen LogP contribution in [0.25, 0.3) is 33.1 Å². The number of hydrogen-bond acceptors (Lipinski definition) is 2. The Bertz CT molecular complexity index is 1770. The molecular weight excluding hydrogens is 462 g/mol. The second-order valence-electron chi connectivity index (χ2n) is 11.4. The van der Waals surface area contributed by atoms with E-state index in [0.717, 1.165) is 33.6 Å². The summed E-state index contributed by atoms with van der Waals surface area (Å²) in [5.41, 5.74) is 10.5. The number of fused-ring (bicyclic) bond motifs is 7. The SMILES string of the molecule is CC1(C)c2ccccc2-c2ccc3oc4ccc(N(c5ccccc5)c5ccccc5)cc4c3c2C1(C)C. The fourth-order valence-corrected chi connectivity index (χ4v) is 6.38. The number of anilines is 3. The Morgan fingerprint density at radius 3 is 1.82 bits per heavy atom. The van der Waals surface area contributed by atoms with Crippen LogP contribution < -0.4 is 4.90 Å². The van der Waals surface area contributed by atoms with Crippen molar-refractivity contribution >= 4 is 39.0 Å². The van der Waals surface area contributed by atoms with Gasteiger partial charge in [0.15, 0.2) is 0 Å². The summed E-state index contributed by atoms with van der Waals surface area (Å²) in [5, 5.41) is 2.39. The van der Waals surface area contributed by atoms with E-state index < -0.39 is 0 Å². The molecule has 186 valence electrons. The minimum Gasteiger partial charge on any atom is -0.456 e. The standard InChI is InChI=1S/C36H31NO/c1-35(2)30-18-12-11-17-27(30)28-20-22-32-33(34(28)36(35,3)4)29-23-26(19-21-31(29)38-32)37(24-13-7-5-8-14-24)25-15-9-6-10-16-25/h5-23H,1-4H3. The highest BCUT2D eigenvalue weighted by atomic mass is 16.3. The summed E-state index contributed by atoms with van der Waals surface area (Å²) >= 11 is 0. The number of para-hydroxylation sites is 2. The number of nitrogens with zero attached hydrogens (tertiary/aromatic N) is 1. The van der Waals surface area contributed by atoms with Gasteiger partial charge in [-0.15, -0.1) is 0 Å².